The number of nitrogen functional groups attached to an aromatic ring is 1. The SMILES string of the molecule is Nc1cccnc1N1C=CC=CC1. The van der Waals surface area contributed by atoms with Crippen LogP contribution in [0.4, 0.5) is 11.5 Å². The molecule has 0 saturated carbocycles. The van der Waals surface area contributed by atoms with Gasteiger partial charge in [-0.3, -0.25) is 0 Å². The van der Waals surface area contributed by atoms with E-state index < -0.39 is 0 Å². The summed E-state index contributed by atoms with van der Waals surface area (Å²) in [6.07, 6.45) is 9.76. The first-order chi connectivity index (χ1) is 6.38. The van der Waals surface area contributed by atoms with Crippen molar-refractivity contribution in [3.05, 3.63) is 42.8 Å². The van der Waals surface area contributed by atoms with Crippen molar-refractivity contribution in [3.63, 3.8) is 0 Å². The van der Waals surface area contributed by atoms with Gasteiger partial charge >= 0.3 is 0 Å². The third-order valence-electron chi connectivity index (χ3n) is 1.90. The van der Waals surface area contributed by atoms with Crippen LogP contribution in [0.1, 0.15) is 0 Å². The van der Waals surface area contributed by atoms with Crippen molar-refractivity contribution in [2.24, 2.45) is 0 Å². The molecule has 0 fully saturated rings. The Labute approximate surface area is 77.2 Å². The molecule has 0 aromatic carbocycles. The first kappa shape index (κ1) is 7.86. The van der Waals surface area contributed by atoms with E-state index in [2.05, 4.69) is 11.1 Å². The van der Waals surface area contributed by atoms with Crippen molar-refractivity contribution < 1.29 is 0 Å². The molecule has 0 unspecified atom stereocenters. The Balaban J connectivity index is 2.30. The number of hydrogen-bond donors (Lipinski definition) is 1. The van der Waals surface area contributed by atoms with Gasteiger partial charge in [-0.1, -0.05) is 12.2 Å². The van der Waals surface area contributed by atoms with Gasteiger partial charge in [0.25, 0.3) is 0 Å². The van der Waals surface area contributed by atoms with Crippen molar-refractivity contribution in [1.29, 1.82) is 0 Å². The van der Waals surface area contributed by atoms with E-state index in [1.807, 2.05) is 35.4 Å². The lowest BCUT2D eigenvalue weighted by molar-refractivity contribution is 1.03. The molecule has 0 amide bonds. The van der Waals surface area contributed by atoms with E-state index in [0.717, 1.165) is 12.4 Å². The van der Waals surface area contributed by atoms with Gasteiger partial charge in [0.2, 0.25) is 0 Å². The maximum atomic E-state index is 5.79. The number of hydrogen-bond acceptors (Lipinski definition) is 3. The fourth-order valence-electron chi connectivity index (χ4n) is 1.27. The quantitative estimate of drug-likeness (QED) is 0.700. The third kappa shape index (κ3) is 1.54. The molecule has 0 atom stereocenters. The average molecular weight is 173 g/mol. The molecule has 0 radical (unpaired) electrons. The van der Waals surface area contributed by atoms with Gasteiger partial charge < -0.3 is 10.6 Å². The number of aromatic nitrogens is 1. The number of allylic oxidation sites excluding steroid dienone is 2. The molecule has 3 heteroatoms. The van der Waals surface area contributed by atoms with Crippen molar-refractivity contribution in [2.45, 2.75) is 0 Å². The Morgan fingerprint density at radius 2 is 2.31 bits per heavy atom. The van der Waals surface area contributed by atoms with Gasteiger partial charge in [-0.25, -0.2) is 4.98 Å². The van der Waals surface area contributed by atoms with Gasteiger partial charge in [-0.05, 0) is 18.2 Å². The fourth-order valence-corrected chi connectivity index (χ4v) is 1.27. The second kappa shape index (κ2) is 3.31. The molecule has 0 saturated heterocycles. The fraction of sp³-hybridized carbons (Fsp3) is 0.100. The predicted octanol–water partition coefficient (Wildman–Crippen LogP) is 1.55. The maximum absolute atomic E-state index is 5.79. The number of nitrogens with two attached hydrogens (primary N) is 1. The second-order valence-electron chi connectivity index (χ2n) is 2.84. The molecule has 1 aromatic heterocycles. The van der Waals surface area contributed by atoms with E-state index in [-0.39, 0.29) is 0 Å². The standard InChI is InChI=1S/C10H11N3/c11-9-5-4-6-12-10(9)13-7-2-1-3-8-13/h1-7H,8,11H2. The van der Waals surface area contributed by atoms with Crippen molar-refractivity contribution in [2.75, 3.05) is 17.2 Å². The van der Waals surface area contributed by atoms with E-state index in [4.69, 9.17) is 5.73 Å². The Hall–Kier alpha value is -1.77. The van der Waals surface area contributed by atoms with E-state index in [1.54, 1.807) is 6.20 Å². The van der Waals surface area contributed by atoms with E-state index >= 15 is 0 Å². The number of pyridine rings is 1. The highest BCUT2D eigenvalue weighted by molar-refractivity contribution is 5.64. The summed E-state index contributed by atoms with van der Waals surface area (Å²) >= 11 is 0. The van der Waals surface area contributed by atoms with Crippen LogP contribution in [-0.4, -0.2) is 11.5 Å². The minimum atomic E-state index is 0.711. The summed E-state index contributed by atoms with van der Waals surface area (Å²) in [6.45, 7) is 0.831. The van der Waals surface area contributed by atoms with Gasteiger partial charge in [-0.15, -0.1) is 0 Å². The minimum Gasteiger partial charge on any atom is -0.396 e. The number of nitrogens with zero attached hydrogens (tertiary/aromatic N) is 2. The summed E-state index contributed by atoms with van der Waals surface area (Å²) < 4.78 is 0. The summed E-state index contributed by atoms with van der Waals surface area (Å²) in [7, 11) is 0. The molecule has 1 aromatic rings. The second-order valence-corrected chi connectivity index (χ2v) is 2.84. The van der Waals surface area contributed by atoms with Crippen LogP contribution in [-0.2, 0) is 0 Å². The van der Waals surface area contributed by atoms with Crippen molar-refractivity contribution in [1.82, 2.24) is 4.98 Å². The van der Waals surface area contributed by atoms with Crippen LogP contribution in [0.3, 0.4) is 0 Å². The molecule has 1 aliphatic heterocycles. The maximum Gasteiger partial charge on any atom is 0.156 e. The minimum absolute atomic E-state index is 0.711. The highest BCUT2D eigenvalue weighted by Gasteiger charge is 2.07. The number of rotatable bonds is 1. The molecule has 2 N–H and O–H groups in total. The molecule has 0 aliphatic carbocycles. The summed E-state index contributed by atoms with van der Waals surface area (Å²) in [5, 5.41) is 0. The normalized spacial score (nSPS) is 14.9. The molecule has 13 heavy (non-hydrogen) atoms. The molecular formula is C10H11N3. The lowest BCUT2D eigenvalue weighted by atomic mass is 10.3. The number of anilines is 2. The Bertz CT molecular complexity index is 355. The smallest absolute Gasteiger partial charge is 0.156 e. The molecule has 2 heterocycles. The Morgan fingerprint density at radius 3 is 3.00 bits per heavy atom. The first-order valence-corrected chi connectivity index (χ1v) is 4.18. The van der Waals surface area contributed by atoms with Gasteiger partial charge in [0.15, 0.2) is 5.82 Å². The van der Waals surface area contributed by atoms with Crippen molar-refractivity contribution in [3.8, 4) is 0 Å². The third-order valence-corrected chi connectivity index (χ3v) is 1.90. The molecule has 66 valence electrons. The van der Waals surface area contributed by atoms with Gasteiger partial charge in [0, 0.05) is 18.9 Å². The zero-order valence-corrected chi connectivity index (χ0v) is 7.22. The highest BCUT2D eigenvalue weighted by atomic mass is 15.2. The zero-order chi connectivity index (χ0) is 9.10. The summed E-state index contributed by atoms with van der Waals surface area (Å²) in [5.41, 5.74) is 6.50. The molecule has 0 bridgehead atoms. The van der Waals surface area contributed by atoms with Crippen molar-refractivity contribution >= 4 is 11.5 Å². The summed E-state index contributed by atoms with van der Waals surface area (Å²) in [4.78, 5) is 6.23. The van der Waals surface area contributed by atoms with Crippen LogP contribution >= 0.6 is 0 Å². The lowest BCUT2D eigenvalue weighted by Gasteiger charge is -2.20. The lowest BCUT2D eigenvalue weighted by Crippen LogP contribution is -2.19. The van der Waals surface area contributed by atoms with Gasteiger partial charge in [0.05, 0.1) is 5.69 Å². The van der Waals surface area contributed by atoms with Crippen LogP contribution in [0.25, 0.3) is 0 Å². The van der Waals surface area contributed by atoms with Gasteiger partial charge in [-0.2, -0.15) is 0 Å². The van der Waals surface area contributed by atoms with Crippen LogP contribution < -0.4 is 10.6 Å². The molecule has 0 spiro atoms. The van der Waals surface area contributed by atoms with Gasteiger partial charge in [0.1, 0.15) is 0 Å². The molecule has 2 rings (SSSR count). The average Bonchev–Trinajstić information content (AvgIpc) is 2.20. The van der Waals surface area contributed by atoms with E-state index in [0.29, 0.717) is 5.69 Å². The Morgan fingerprint density at radius 1 is 1.38 bits per heavy atom. The van der Waals surface area contributed by atoms with E-state index in [1.165, 1.54) is 0 Å². The van der Waals surface area contributed by atoms with Crippen LogP contribution in [0.2, 0.25) is 0 Å². The molecule has 1 aliphatic rings. The van der Waals surface area contributed by atoms with E-state index in [9.17, 15) is 0 Å². The van der Waals surface area contributed by atoms with Crippen LogP contribution in [0, 0.1) is 0 Å². The van der Waals surface area contributed by atoms with Crippen LogP contribution in [0.15, 0.2) is 42.8 Å². The predicted molar refractivity (Wildman–Crippen MR) is 54.3 cm³/mol. The first-order valence-electron chi connectivity index (χ1n) is 4.18. The molecular weight excluding hydrogens is 162 g/mol. The Kier molecular flexibility index (Phi) is 2.00. The monoisotopic (exact) mass is 173 g/mol. The highest BCUT2D eigenvalue weighted by Crippen LogP contribution is 2.20. The summed E-state index contributed by atoms with van der Waals surface area (Å²) in [5.74, 6) is 0.822. The topological polar surface area (TPSA) is 42.1 Å². The molecule has 3 nitrogen and oxygen atoms in total. The largest absolute Gasteiger partial charge is 0.396 e. The zero-order valence-electron chi connectivity index (χ0n) is 7.22. The summed E-state index contributed by atoms with van der Waals surface area (Å²) in [6, 6.07) is 3.69. The van der Waals surface area contributed by atoms with Crippen LogP contribution in [0.5, 0.6) is 0 Å².